The van der Waals surface area contributed by atoms with E-state index in [2.05, 4.69) is 9.97 Å². The number of hydrogen-bond donors (Lipinski definition) is 2. The van der Waals surface area contributed by atoms with Gasteiger partial charge in [0, 0.05) is 11.1 Å². The molecular formula is C20H20N2O3. The summed E-state index contributed by atoms with van der Waals surface area (Å²) < 4.78 is 5.79. The highest BCUT2D eigenvalue weighted by molar-refractivity contribution is 5.72. The predicted molar refractivity (Wildman–Crippen MR) is 97.9 cm³/mol. The van der Waals surface area contributed by atoms with Crippen LogP contribution in [0.5, 0.6) is 11.5 Å². The van der Waals surface area contributed by atoms with Crippen molar-refractivity contribution in [2.45, 2.75) is 20.3 Å². The number of H-pyrrole nitrogens is 1. The molecule has 0 atom stereocenters. The van der Waals surface area contributed by atoms with E-state index in [-0.39, 0.29) is 5.75 Å². The summed E-state index contributed by atoms with van der Waals surface area (Å²) in [5.74, 6) is 0.936. The van der Waals surface area contributed by atoms with Crippen LogP contribution in [0.25, 0.3) is 22.5 Å². The lowest BCUT2D eigenvalue weighted by Crippen LogP contribution is -2.12. The zero-order chi connectivity index (χ0) is 17.8. The van der Waals surface area contributed by atoms with Crippen molar-refractivity contribution in [2.75, 3.05) is 6.61 Å². The highest BCUT2D eigenvalue weighted by Gasteiger charge is 2.11. The van der Waals surface area contributed by atoms with Crippen molar-refractivity contribution < 1.29 is 9.84 Å². The largest absolute Gasteiger partial charge is 0.508 e. The Labute approximate surface area is 146 Å². The standard InChI is InChI=1S/C20H20N2O3/c1-3-10-25-19-7-5-4-6-15(19)17-12-16(21-20(24)22-17)14-8-9-18(23)13(2)11-14/h4-9,11-12,23H,3,10H2,1-2H3,(H,21,22,24). The number of nitrogens with one attached hydrogen (secondary N) is 1. The van der Waals surface area contributed by atoms with E-state index in [4.69, 9.17) is 4.74 Å². The van der Waals surface area contributed by atoms with Gasteiger partial charge in [-0.05, 0) is 55.3 Å². The van der Waals surface area contributed by atoms with Gasteiger partial charge in [0.2, 0.25) is 0 Å². The average molecular weight is 336 g/mol. The fourth-order valence-electron chi connectivity index (χ4n) is 2.59. The topological polar surface area (TPSA) is 75.2 Å². The molecule has 0 fully saturated rings. The second-order valence-corrected chi connectivity index (χ2v) is 5.83. The van der Waals surface area contributed by atoms with Gasteiger partial charge in [-0.3, -0.25) is 0 Å². The fraction of sp³-hybridized carbons (Fsp3) is 0.200. The average Bonchev–Trinajstić information content (AvgIpc) is 2.62. The number of ether oxygens (including phenoxy) is 1. The molecule has 0 bridgehead atoms. The van der Waals surface area contributed by atoms with Crippen LogP contribution >= 0.6 is 0 Å². The van der Waals surface area contributed by atoms with Crippen molar-refractivity contribution in [3.63, 3.8) is 0 Å². The summed E-state index contributed by atoms with van der Waals surface area (Å²) in [4.78, 5) is 18.9. The predicted octanol–water partition coefficient (Wildman–Crippen LogP) is 3.91. The van der Waals surface area contributed by atoms with E-state index < -0.39 is 5.69 Å². The van der Waals surface area contributed by atoms with E-state index in [1.807, 2.05) is 37.3 Å². The Hall–Kier alpha value is -3.08. The Bertz CT molecular complexity index is 948. The van der Waals surface area contributed by atoms with E-state index in [0.717, 1.165) is 28.9 Å². The maximum Gasteiger partial charge on any atom is 0.345 e. The van der Waals surface area contributed by atoms with E-state index >= 15 is 0 Å². The molecular weight excluding hydrogens is 316 g/mol. The molecule has 5 nitrogen and oxygen atoms in total. The lowest BCUT2D eigenvalue weighted by atomic mass is 10.0. The molecule has 1 aromatic heterocycles. The molecule has 0 spiro atoms. The maximum absolute atomic E-state index is 12.1. The number of aromatic nitrogens is 2. The number of benzene rings is 2. The van der Waals surface area contributed by atoms with Gasteiger partial charge in [-0.25, -0.2) is 4.79 Å². The van der Waals surface area contributed by atoms with Crippen LogP contribution in [0, 0.1) is 6.92 Å². The number of nitrogens with zero attached hydrogens (tertiary/aromatic N) is 1. The van der Waals surface area contributed by atoms with Crippen molar-refractivity contribution in [2.24, 2.45) is 0 Å². The number of phenolic OH excluding ortho intramolecular Hbond substituents is 1. The molecule has 0 aliphatic heterocycles. The quantitative estimate of drug-likeness (QED) is 0.741. The van der Waals surface area contributed by atoms with Crippen LogP contribution in [0.15, 0.2) is 53.3 Å². The Kier molecular flexibility index (Phi) is 4.84. The van der Waals surface area contributed by atoms with Crippen molar-refractivity contribution >= 4 is 0 Å². The van der Waals surface area contributed by atoms with E-state index in [9.17, 15) is 9.90 Å². The second-order valence-electron chi connectivity index (χ2n) is 5.83. The van der Waals surface area contributed by atoms with Gasteiger partial charge in [0.15, 0.2) is 0 Å². The number of aryl methyl sites for hydroxylation is 1. The van der Waals surface area contributed by atoms with Crippen LogP contribution in [-0.4, -0.2) is 21.7 Å². The zero-order valence-electron chi connectivity index (χ0n) is 14.2. The number of para-hydroxylation sites is 1. The molecule has 3 rings (SSSR count). The fourth-order valence-corrected chi connectivity index (χ4v) is 2.59. The van der Waals surface area contributed by atoms with Gasteiger partial charge in [0.05, 0.1) is 18.0 Å². The van der Waals surface area contributed by atoms with Gasteiger partial charge >= 0.3 is 5.69 Å². The molecule has 0 unspecified atom stereocenters. The van der Waals surface area contributed by atoms with Gasteiger partial charge in [-0.15, -0.1) is 0 Å². The van der Waals surface area contributed by atoms with Crippen LogP contribution in [0.4, 0.5) is 0 Å². The molecule has 1 heterocycles. The molecule has 128 valence electrons. The molecule has 3 aromatic rings. The van der Waals surface area contributed by atoms with E-state index in [0.29, 0.717) is 18.0 Å². The minimum absolute atomic E-state index is 0.215. The number of aromatic amines is 1. The van der Waals surface area contributed by atoms with Gasteiger partial charge < -0.3 is 14.8 Å². The van der Waals surface area contributed by atoms with Crippen molar-refractivity contribution in [3.8, 4) is 34.0 Å². The molecule has 2 N–H and O–H groups in total. The number of rotatable bonds is 5. The Morgan fingerprint density at radius 1 is 1.16 bits per heavy atom. The van der Waals surface area contributed by atoms with Crippen LogP contribution in [0.2, 0.25) is 0 Å². The van der Waals surface area contributed by atoms with Crippen LogP contribution < -0.4 is 10.4 Å². The molecule has 0 aliphatic rings. The normalized spacial score (nSPS) is 10.6. The Morgan fingerprint density at radius 2 is 1.96 bits per heavy atom. The summed E-state index contributed by atoms with van der Waals surface area (Å²) in [6.07, 6.45) is 0.902. The molecule has 0 amide bonds. The molecule has 0 aliphatic carbocycles. The highest BCUT2D eigenvalue weighted by Crippen LogP contribution is 2.30. The molecule has 5 heteroatoms. The van der Waals surface area contributed by atoms with Crippen molar-refractivity contribution in [3.05, 3.63) is 64.6 Å². The summed E-state index contributed by atoms with van der Waals surface area (Å²) in [6, 6.07) is 14.6. The summed E-state index contributed by atoms with van der Waals surface area (Å²) in [7, 11) is 0. The summed E-state index contributed by atoms with van der Waals surface area (Å²) in [6.45, 7) is 4.46. The third-order valence-electron chi connectivity index (χ3n) is 3.88. The number of phenols is 1. The van der Waals surface area contributed by atoms with Crippen molar-refractivity contribution in [1.82, 2.24) is 9.97 Å². The lowest BCUT2D eigenvalue weighted by molar-refractivity contribution is 0.318. The van der Waals surface area contributed by atoms with Crippen LogP contribution in [-0.2, 0) is 0 Å². The second kappa shape index (κ2) is 7.21. The third-order valence-corrected chi connectivity index (χ3v) is 3.88. The maximum atomic E-state index is 12.1. The molecule has 25 heavy (non-hydrogen) atoms. The van der Waals surface area contributed by atoms with Crippen LogP contribution in [0.3, 0.4) is 0 Å². The van der Waals surface area contributed by atoms with Gasteiger partial charge in [0.25, 0.3) is 0 Å². The highest BCUT2D eigenvalue weighted by atomic mass is 16.5. The molecule has 0 radical (unpaired) electrons. The first-order valence-electron chi connectivity index (χ1n) is 8.22. The Morgan fingerprint density at radius 3 is 2.72 bits per heavy atom. The van der Waals surface area contributed by atoms with Gasteiger partial charge in [-0.1, -0.05) is 19.1 Å². The minimum atomic E-state index is -0.427. The van der Waals surface area contributed by atoms with Crippen molar-refractivity contribution in [1.29, 1.82) is 0 Å². The summed E-state index contributed by atoms with van der Waals surface area (Å²) in [5, 5.41) is 9.69. The van der Waals surface area contributed by atoms with Gasteiger partial charge in [-0.2, -0.15) is 4.98 Å². The monoisotopic (exact) mass is 336 g/mol. The van der Waals surface area contributed by atoms with E-state index in [1.54, 1.807) is 25.1 Å². The first kappa shape index (κ1) is 16.8. The molecule has 2 aromatic carbocycles. The zero-order valence-corrected chi connectivity index (χ0v) is 14.2. The summed E-state index contributed by atoms with van der Waals surface area (Å²) >= 11 is 0. The molecule has 0 saturated heterocycles. The Balaban J connectivity index is 2.09. The number of aromatic hydroxyl groups is 1. The first-order valence-corrected chi connectivity index (χ1v) is 8.22. The SMILES string of the molecule is CCCOc1ccccc1-c1cc(-c2ccc(O)c(C)c2)nc(=O)[nH]1. The van der Waals surface area contributed by atoms with Crippen LogP contribution in [0.1, 0.15) is 18.9 Å². The number of hydrogen-bond acceptors (Lipinski definition) is 4. The lowest BCUT2D eigenvalue weighted by Gasteiger charge is -2.11. The molecule has 0 saturated carbocycles. The summed E-state index contributed by atoms with van der Waals surface area (Å²) in [5.41, 5.74) is 3.08. The van der Waals surface area contributed by atoms with Gasteiger partial charge in [0.1, 0.15) is 11.5 Å². The minimum Gasteiger partial charge on any atom is -0.508 e. The van der Waals surface area contributed by atoms with E-state index in [1.165, 1.54) is 0 Å². The third kappa shape index (κ3) is 3.71. The first-order chi connectivity index (χ1) is 12.1. The smallest absolute Gasteiger partial charge is 0.345 e.